The zero-order valence-electron chi connectivity index (χ0n) is 12.3. The van der Waals surface area contributed by atoms with Crippen molar-refractivity contribution < 1.29 is 18.7 Å². The lowest BCUT2D eigenvalue weighted by Gasteiger charge is -2.14. The van der Waals surface area contributed by atoms with Gasteiger partial charge in [0.2, 0.25) is 5.91 Å². The first-order chi connectivity index (χ1) is 10.9. The van der Waals surface area contributed by atoms with Crippen molar-refractivity contribution in [2.75, 3.05) is 13.7 Å². The van der Waals surface area contributed by atoms with E-state index in [9.17, 15) is 14.4 Å². The maximum absolute atomic E-state index is 12.2. The van der Waals surface area contributed by atoms with E-state index in [2.05, 4.69) is 5.32 Å². The summed E-state index contributed by atoms with van der Waals surface area (Å²) in [6, 6.07) is 4.61. The van der Waals surface area contributed by atoms with Crippen molar-refractivity contribution in [2.45, 2.75) is 12.5 Å². The smallest absolute Gasteiger partial charge is 0.287 e. The lowest BCUT2D eigenvalue weighted by Crippen LogP contribution is -2.45. The second-order valence-electron chi connectivity index (χ2n) is 4.83. The lowest BCUT2D eigenvalue weighted by molar-refractivity contribution is -0.120. The van der Waals surface area contributed by atoms with Crippen LogP contribution in [0.5, 0.6) is 0 Å². The van der Waals surface area contributed by atoms with E-state index < -0.39 is 23.3 Å². The van der Waals surface area contributed by atoms with Crippen LogP contribution in [0.1, 0.15) is 17.0 Å². The number of nitrogens with two attached hydrogens (primary N) is 1. The second-order valence-corrected chi connectivity index (χ2v) is 5.26. The number of halogens is 1. The molecule has 2 aromatic rings. The Morgan fingerprint density at radius 3 is 2.78 bits per heavy atom. The fourth-order valence-electron chi connectivity index (χ4n) is 1.99. The fourth-order valence-corrected chi connectivity index (χ4v) is 2.16. The van der Waals surface area contributed by atoms with Gasteiger partial charge < -0.3 is 20.2 Å². The average Bonchev–Trinajstić information content (AvgIpc) is 2.51. The number of hydrogen-bond acceptors (Lipinski definition) is 5. The third kappa shape index (κ3) is 4.08. The lowest BCUT2D eigenvalue weighted by atomic mass is 10.2. The molecule has 1 heterocycles. The summed E-state index contributed by atoms with van der Waals surface area (Å²) in [4.78, 5) is 35.5. The van der Waals surface area contributed by atoms with Gasteiger partial charge in [-0.1, -0.05) is 11.6 Å². The molecule has 2 amide bonds. The van der Waals surface area contributed by atoms with Gasteiger partial charge in [0.25, 0.3) is 5.91 Å². The maximum Gasteiger partial charge on any atom is 0.287 e. The van der Waals surface area contributed by atoms with E-state index in [0.717, 1.165) is 6.07 Å². The number of nitrogens with one attached hydrogen (secondary N) is 1. The second kappa shape index (κ2) is 7.26. The molecule has 0 fully saturated rings. The topological polar surface area (TPSA) is 112 Å². The minimum absolute atomic E-state index is 0.213. The summed E-state index contributed by atoms with van der Waals surface area (Å²) in [5.74, 6) is -1.63. The highest BCUT2D eigenvalue weighted by Crippen LogP contribution is 2.17. The number of rotatable bonds is 6. The Balaban J connectivity index is 2.28. The van der Waals surface area contributed by atoms with Crippen LogP contribution < -0.4 is 16.5 Å². The standard InChI is InChI=1S/C15H15ClN2O5/c1-22-5-4-10(14(17)20)18-15(21)13-7-11(19)9-6-8(16)2-3-12(9)23-13/h2-3,6-7,10H,4-5H2,1H3,(H2,17,20)(H,18,21). The molecule has 0 saturated carbocycles. The van der Waals surface area contributed by atoms with Crippen LogP contribution in [0.3, 0.4) is 0 Å². The average molecular weight is 339 g/mol. The SMILES string of the molecule is COCCC(NC(=O)c1cc(=O)c2cc(Cl)ccc2o1)C(N)=O. The largest absolute Gasteiger partial charge is 0.451 e. The molecule has 1 aromatic heterocycles. The molecule has 1 aromatic carbocycles. The molecular weight excluding hydrogens is 324 g/mol. The molecule has 1 atom stereocenters. The van der Waals surface area contributed by atoms with Crippen molar-refractivity contribution in [3.63, 3.8) is 0 Å². The monoisotopic (exact) mass is 338 g/mol. The van der Waals surface area contributed by atoms with Crippen molar-refractivity contribution in [2.24, 2.45) is 5.73 Å². The van der Waals surface area contributed by atoms with E-state index in [0.29, 0.717) is 5.02 Å². The van der Waals surface area contributed by atoms with Crippen LogP contribution in [-0.4, -0.2) is 31.6 Å². The molecular formula is C15H15ClN2O5. The van der Waals surface area contributed by atoms with E-state index in [1.165, 1.54) is 19.2 Å². The number of fused-ring (bicyclic) bond motifs is 1. The molecule has 0 bridgehead atoms. The zero-order valence-corrected chi connectivity index (χ0v) is 13.1. The van der Waals surface area contributed by atoms with Gasteiger partial charge >= 0.3 is 0 Å². The Bertz CT molecular complexity index is 802. The fraction of sp³-hybridized carbons (Fsp3) is 0.267. The van der Waals surface area contributed by atoms with Gasteiger partial charge in [0.05, 0.1) is 5.39 Å². The minimum atomic E-state index is -0.923. The van der Waals surface area contributed by atoms with Gasteiger partial charge in [0, 0.05) is 24.8 Å². The van der Waals surface area contributed by atoms with Crippen LogP contribution in [0, 0.1) is 0 Å². The molecule has 0 saturated heterocycles. The summed E-state index contributed by atoms with van der Waals surface area (Å²) in [7, 11) is 1.47. The molecule has 0 aliphatic heterocycles. The molecule has 7 nitrogen and oxygen atoms in total. The van der Waals surface area contributed by atoms with Gasteiger partial charge in [0.1, 0.15) is 11.6 Å². The summed E-state index contributed by atoms with van der Waals surface area (Å²) in [6.45, 7) is 0.244. The number of methoxy groups -OCH3 is 1. The van der Waals surface area contributed by atoms with Crippen molar-refractivity contribution in [1.29, 1.82) is 0 Å². The zero-order chi connectivity index (χ0) is 17.0. The van der Waals surface area contributed by atoms with E-state index in [1.807, 2.05) is 0 Å². The molecule has 0 spiro atoms. The van der Waals surface area contributed by atoms with E-state index in [-0.39, 0.29) is 29.8 Å². The Hall–Kier alpha value is -2.38. The minimum Gasteiger partial charge on any atom is -0.451 e. The highest BCUT2D eigenvalue weighted by molar-refractivity contribution is 6.31. The molecule has 2 rings (SSSR count). The number of benzene rings is 1. The van der Waals surface area contributed by atoms with Crippen LogP contribution in [0.4, 0.5) is 0 Å². The van der Waals surface area contributed by atoms with E-state index >= 15 is 0 Å². The molecule has 8 heteroatoms. The molecule has 122 valence electrons. The molecule has 0 aliphatic rings. The first kappa shape index (κ1) is 17.0. The van der Waals surface area contributed by atoms with Crippen LogP contribution in [0.15, 0.2) is 33.5 Å². The number of carbonyl (C=O) groups is 2. The van der Waals surface area contributed by atoms with Crippen LogP contribution >= 0.6 is 11.6 Å². The first-order valence-electron chi connectivity index (χ1n) is 6.75. The van der Waals surface area contributed by atoms with Crippen molar-refractivity contribution in [3.8, 4) is 0 Å². The van der Waals surface area contributed by atoms with Gasteiger partial charge in [0.15, 0.2) is 11.2 Å². The number of carbonyl (C=O) groups excluding carboxylic acids is 2. The van der Waals surface area contributed by atoms with Gasteiger partial charge in [-0.3, -0.25) is 14.4 Å². The summed E-state index contributed by atoms with van der Waals surface area (Å²) in [6.07, 6.45) is 0.213. The number of ether oxygens (including phenoxy) is 1. The summed E-state index contributed by atoms with van der Waals surface area (Å²) in [5.41, 5.74) is 5.04. The Morgan fingerprint density at radius 2 is 2.13 bits per heavy atom. The van der Waals surface area contributed by atoms with Crippen LogP contribution in [-0.2, 0) is 9.53 Å². The summed E-state index contributed by atoms with van der Waals surface area (Å²) in [5, 5.41) is 3.07. The third-order valence-electron chi connectivity index (χ3n) is 3.17. The number of hydrogen-bond donors (Lipinski definition) is 2. The van der Waals surface area contributed by atoms with Crippen molar-refractivity contribution in [1.82, 2.24) is 5.32 Å². The molecule has 3 N–H and O–H groups in total. The molecule has 1 unspecified atom stereocenters. The highest BCUT2D eigenvalue weighted by Gasteiger charge is 2.21. The summed E-state index contributed by atoms with van der Waals surface area (Å²) < 4.78 is 10.2. The van der Waals surface area contributed by atoms with Gasteiger partial charge in [-0.05, 0) is 24.6 Å². The molecule has 0 aliphatic carbocycles. The van der Waals surface area contributed by atoms with Gasteiger partial charge in [-0.2, -0.15) is 0 Å². The molecule has 23 heavy (non-hydrogen) atoms. The normalized spacial score (nSPS) is 12.1. The quantitative estimate of drug-likeness (QED) is 0.818. The highest BCUT2D eigenvalue weighted by atomic mass is 35.5. The number of primary amides is 1. The number of amides is 2. The molecule has 0 radical (unpaired) electrons. The van der Waals surface area contributed by atoms with Gasteiger partial charge in [-0.25, -0.2) is 0 Å². The Labute approximate surface area is 136 Å². The summed E-state index contributed by atoms with van der Waals surface area (Å²) >= 11 is 5.82. The van der Waals surface area contributed by atoms with Crippen molar-refractivity contribution >= 4 is 34.4 Å². The van der Waals surface area contributed by atoms with Gasteiger partial charge in [-0.15, -0.1) is 0 Å². The predicted molar refractivity (Wildman–Crippen MR) is 84.4 cm³/mol. The first-order valence-corrected chi connectivity index (χ1v) is 7.12. The van der Waals surface area contributed by atoms with E-state index in [4.69, 9.17) is 26.5 Å². The Morgan fingerprint density at radius 1 is 1.39 bits per heavy atom. The van der Waals surface area contributed by atoms with Crippen molar-refractivity contribution in [3.05, 3.63) is 45.3 Å². The maximum atomic E-state index is 12.2. The van der Waals surface area contributed by atoms with E-state index in [1.54, 1.807) is 6.07 Å². The Kier molecular flexibility index (Phi) is 5.36. The third-order valence-corrected chi connectivity index (χ3v) is 3.41. The van der Waals surface area contributed by atoms with Crippen LogP contribution in [0.25, 0.3) is 11.0 Å². The predicted octanol–water partition coefficient (Wildman–Crippen LogP) is 1.07. The van der Waals surface area contributed by atoms with Crippen LogP contribution in [0.2, 0.25) is 5.02 Å².